The van der Waals surface area contributed by atoms with Crippen LogP contribution in [0.4, 0.5) is 4.39 Å². The molecule has 0 radical (unpaired) electrons. The fraction of sp³-hybridized carbons (Fsp3) is 0.0500. The summed E-state index contributed by atoms with van der Waals surface area (Å²) in [7, 11) is 0. The fourth-order valence-corrected chi connectivity index (χ4v) is 3.63. The Bertz CT molecular complexity index is 1180. The molecule has 0 unspecified atom stereocenters. The van der Waals surface area contributed by atoms with Gasteiger partial charge in [-0.1, -0.05) is 12.1 Å². The molecule has 2 aromatic carbocycles. The van der Waals surface area contributed by atoms with E-state index in [2.05, 4.69) is 4.98 Å². The molecule has 0 N–H and O–H groups in total. The normalized spacial score (nSPS) is 11.0. The van der Waals surface area contributed by atoms with Crippen LogP contribution in [0.3, 0.4) is 0 Å². The van der Waals surface area contributed by atoms with Gasteiger partial charge in [0.1, 0.15) is 11.6 Å². The van der Waals surface area contributed by atoms with Gasteiger partial charge in [-0.05, 0) is 54.2 Å². The van der Waals surface area contributed by atoms with E-state index in [0.29, 0.717) is 33.2 Å². The van der Waals surface area contributed by atoms with E-state index < -0.39 is 0 Å². The van der Waals surface area contributed by atoms with Crippen LogP contribution in [0.1, 0.15) is 5.82 Å². The molecule has 0 aliphatic heterocycles. The first-order valence-electron chi connectivity index (χ1n) is 8.21. The molecule has 0 bridgehead atoms. The van der Waals surface area contributed by atoms with E-state index in [1.54, 1.807) is 36.4 Å². The number of nitrogens with zero attached hydrogens (tertiary/aromatic N) is 3. The van der Waals surface area contributed by atoms with E-state index in [0.717, 1.165) is 4.73 Å². The Morgan fingerprint density at radius 1 is 1.04 bits per heavy atom. The first-order valence-corrected chi connectivity index (χ1v) is 9.19. The van der Waals surface area contributed by atoms with E-state index in [-0.39, 0.29) is 11.4 Å². The van der Waals surface area contributed by atoms with Crippen LogP contribution < -0.4 is 10.3 Å². The van der Waals surface area contributed by atoms with Gasteiger partial charge in [0.15, 0.2) is 6.20 Å². The fourth-order valence-electron chi connectivity index (χ4n) is 2.79. The first-order chi connectivity index (χ1) is 13.1. The third-order valence-corrected chi connectivity index (χ3v) is 5.08. The molecular formula is C20H14FN3O2S. The lowest BCUT2D eigenvalue weighted by molar-refractivity contribution is -0.645. The molecule has 2 aromatic heterocycles. The molecule has 0 aliphatic carbocycles. The van der Waals surface area contributed by atoms with Gasteiger partial charge in [-0.2, -0.15) is 4.73 Å². The van der Waals surface area contributed by atoms with E-state index in [1.165, 1.54) is 46.8 Å². The molecule has 0 atom stereocenters. The predicted molar refractivity (Wildman–Crippen MR) is 102 cm³/mol. The molecule has 0 saturated carbocycles. The lowest BCUT2D eigenvalue weighted by Crippen LogP contribution is -2.28. The van der Waals surface area contributed by atoms with Gasteiger partial charge in [-0.3, -0.25) is 9.36 Å². The van der Waals surface area contributed by atoms with Crippen LogP contribution in [0.25, 0.3) is 16.6 Å². The van der Waals surface area contributed by atoms with E-state index in [4.69, 9.17) is 0 Å². The summed E-state index contributed by atoms with van der Waals surface area (Å²) < 4.78 is 15.6. The Labute approximate surface area is 158 Å². The summed E-state index contributed by atoms with van der Waals surface area (Å²) in [4.78, 5) is 17.7. The molecule has 4 aromatic rings. The smallest absolute Gasteiger partial charge is 0.265 e. The summed E-state index contributed by atoms with van der Waals surface area (Å²) >= 11 is 1.28. The zero-order valence-electron chi connectivity index (χ0n) is 14.1. The maximum Gasteiger partial charge on any atom is 0.265 e. The lowest BCUT2D eigenvalue weighted by atomic mass is 10.2. The lowest BCUT2D eigenvalue weighted by Gasteiger charge is -2.13. The van der Waals surface area contributed by atoms with Crippen molar-refractivity contribution < 1.29 is 9.12 Å². The maximum atomic E-state index is 13.3. The van der Waals surface area contributed by atoms with Crippen LogP contribution in [0.5, 0.6) is 0 Å². The van der Waals surface area contributed by atoms with Crippen molar-refractivity contribution in [2.45, 2.75) is 10.8 Å². The molecule has 4 rings (SSSR count). The minimum absolute atomic E-state index is 0.231. The second kappa shape index (κ2) is 7.20. The van der Waals surface area contributed by atoms with Crippen LogP contribution in [0.15, 0.2) is 82.7 Å². The zero-order valence-corrected chi connectivity index (χ0v) is 14.9. The number of pyridine rings is 1. The van der Waals surface area contributed by atoms with Crippen molar-refractivity contribution in [1.82, 2.24) is 9.55 Å². The van der Waals surface area contributed by atoms with Gasteiger partial charge in [0.25, 0.3) is 10.6 Å². The number of hydrogen-bond donors (Lipinski definition) is 0. The van der Waals surface area contributed by atoms with Crippen molar-refractivity contribution in [3.05, 3.63) is 100 Å². The van der Waals surface area contributed by atoms with Crippen LogP contribution >= 0.6 is 11.8 Å². The topological polar surface area (TPSA) is 61.8 Å². The van der Waals surface area contributed by atoms with Crippen LogP contribution in [-0.4, -0.2) is 9.55 Å². The predicted octanol–water partition coefficient (Wildman–Crippen LogP) is 3.45. The van der Waals surface area contributed by atoms with Crippen molar-refractivity contribution in [3.63, 3.8) is 0 Å². The Morgan fingerprint density at radius 2 is 1.78 bits per heavy atom. The monoisotopic (exact) mass is 379 g/mol. The summed E-state index contributed by atoms with van der Waals surface area (Å²) in [5.74, 6) is 0.413. The minimum atomic E-state index is -0.381. The number of para-hydroxylation sites is 1. The number of thioether (sulfide) groups is 1. The molecule has 134 valence electrons. The summed E-state index contributed by atoms with van der Waals surface area (Å²) in [5, 5.41) is 12.9. The number of fused-ring (bicyclic) bond motifs is 1. The summed E-state index contributed by atoms with van der Waals surface area (Å²) in [5.41, 5.74) is 0.878. The number of benzene rings is 2. The van der Waals surface area contributed by atoms with Crippen LogP contribution in [0.2, 0.25) is 0 Å². The van der Waals surface area contributed by atoms with Gasteiger partial charge in [0.05, 0.1) is 22.3 Å². The van der Waals surface area contributed by atoms with Gasteiger partial charge in [0, 0.05) is 12.1 Å². The first kappa shape index (κ1) is 17.2. The standard InChI is InChI=1S/C20H14FN3O2S/c21-14-8-10-15(11-9-14)24-18(13-27-19-7-3-4-12-23(19)26)22-17-6-2-1-5-16(17)20(24)25/h1-12H,13H2. The molecule has 2 heterocycles. The molecule has 5 nitrogen and oxygen atoms in total. The van der Waals surface area contributed by atoms with Crippen LogP contribution in [-0.2, 0) is 5.75 Å². The Kier molecular flexibility index (Phi) is 4.60. The van der Waals surface area contributed by atoms with Crippen molar-refractivity contribution in [3.8, 4) is 5.69 Å². The molecule has 0 spiro atoms. The molecular weight excluding hydrogens is 365 g/mol. The average molecular weight is 379 g/mol. The molecule has 27 heavy (non-hydrogen) atoms. The zero-order chi connectivity index (χ0) is 18.8. The third kappa shape index (κ3) is 3.41. The minimum Gasteiger partial charge on any atom is -0.618 e. The molecule has 0 aliphatic rings. The molecule has 7 heteroatoms. The highest BCUT2D eigenvalue weighted by atomic mass is 32.2. The van der Waals surface area contributed by atoms with Gasteiger partial charge in [0.2, 0.25) is 0 Å². The SMILES string of the molecule is O=c1c2ccccc2nc(CSc2cccc[n+]2[O-])n1-c1ccc(F)cc1. The number of halogens is 1. The van der Waals surface area contributed by atoms with Gasteiger partial charge in [-0.25, -0.2) is 9.37 Å². The summed E-state index contributed by atoms with van der Waals surface area (Å²) in [6, 6.07) is 17.9. The largest absolute Gasteiger partial charge is 0.618 e. The van der Waals surface area contributed by atoms with E-state index in [9.17, 15) is 14.4 Å². The summed E-state index contributed by atoms with van der Waals surface area (Å²) in [6.45, 7) is 0. The highest BCUT2D eigenvalue weighted by Gasteiger charge is 2.15. The Balaban J connectivity index is 1.84. The van der Waals surface area contributed by atoms with E-state index >= 15 is 0 Å². The number of rotatable bonds is 4. The average Bonchev–Trinajstić information content (AvgIpc) is 2.69. The van der Waals surface area contributed by atoms with Crippen molar-refractivity contribution in [1.29, 1.82) is 0 Å². The Morgan fingerprint density at radius 3 is 2.56 bits per heavy atom. The second-order valence-electron chi connectivity index (χ2n) is 5.82. The highest BCUT2D eigenvalue weighted by Crippen LogP contribution is 2.21. The molecule has 0 amide bonds. The molecule has 0 saturated heterocycles. The van der Waals surface area contributed by atoms with Crippen molar-refractivity contribution >= 4 is 22.7 Å². The van der Waals surface area contributed by atoms with Crippen molar-refractivity contribution in [2.75, 3.05) is 0 Å². The summed E-state index contributed by atoms with van der Waals surface area (Å²) in [6.07, 6.45) is 1.42. The molecule has 0 fully saturated rings. The quantitative estimate of drug-likeness (QED) is 0.310. The van der Waals surface area contributed by atoms with Gasteiger partial charge >= 0.3 is 0 Å². The van der Waals surface area contributed by atoms with Crippen LogP contribution in [0, 0.1) is 11.0 Å². The number of aromatic nitrogens is 3. The maximum absolute atomic E-state index is 13.3. The Hall–Kier alpha value is -3.19. The third-order valence-electron chi connectivity index (χ3n) is 4.07. The van der Waals surface area contributed by atoms with E-state index in [1.807, 2.05) is 6.07 Å². The highest BCUT2D eigenvalue weighted by molar-refractivity contribution is 7.98. The van der Waals surface area contributed by atoms with Gasteiger partial charge in [-0.15, -0.1) is 0 Å². The van der Waals surface area contributed by atoms with Gasteiger partial charge < -0.3 is 5.21 Å². The second-order valence-corrected chi connectivity index (χ2v) is 6.81. The number of hydrogen-bond acceptors (Lipinski definition) is 4. The van der Waals surface area contributed by atoms with Crippen molar-refractivity contribution in [2.24, 2.45) is 0 Å².